The maximum atomic E-state index is 12.1. The molecule has 1 fully saturated rings. The van der Waals surface area contributed by atoms with Gasteiger partial charge in [0.15, 0.2) is 0 Å². The zero-order valence-corrected chi connectivity index (χ0v) is 12.3. The van der Waals surface area contributed by atoms with Crippen molar-refractivity contribution in [3.63, 3.8) is 0 Å². The van der Waals surface area contributed by atoms with Crippen LogP contribution in [0.2, 0.25) is 0 Å². The fourth-order valence-electron chi connectivity index (χ4n) is 2.22. The molecule has 0 atom stereocenters. The summed E-state index contributed by atoms with van der Waals surface area (Å²) in [5.41, 5.74) is 3.01. The third-order valence-corrected chi connectivity index (χ3v) is 3.65. The van der Waals surface area contributed by atoms with Crippen LogP contribution in [0.3, 0.4) is 0 Å². The third-order valence-electron chi connectivity index (χ3n) is 3.65. The molecule has 0 radical (unpaired) electrons. The lowest BCUT2D eigenvalue weighted by Crippen LogP contribution is -2.38. The fourth-order valence-corrected chi connectivity index (χ4v) is 2.22. The molecule has 0 aliphatic carbocycles. The van der Waals surface area contributed by atoms with Crippen molar-refractivity contribution < 1.29 is 14.3 Å². The van der Waals surface area contributed by atoms with E-state index in [2.05, 4.69) is 5.10 Å². The van der Waals surface area contributed by atoms with Gasteiger partial charge in [-0.2, -0.15) is 5.10 Å². The number of carbonyl (C=O) groups is 2. The zero-order valence-electron chi connectivity index (χ0n) is 12.3. The van der Waals surface area contributed by atoms with Gasteiger partial charge in [0, 0.05) is 31.9 Å². The summed E-state index contributed by atoms with van der Waals surface area (Å²) in [7, 11) is 3.61. The summed E-state index contributed by atoms with van der Waals surface area (Å²) in [5.74, 6) is -0.105. The second kappa shape index (κ2) is 5.52. The first-order valence-electron chi connectivity index (χ1n) is 6.55. The van der Waals surface area contributed by atoms with Crippen molar-refractivity contribution in [2.24, 2.45) is 7.05 Å². The summed E-state index contributed by atoms with van der Waals surface area (Å²) in [5, 5.41) is 4.33. The minimum Gasteiger partial charge on any atom is -0.448 e. The average Bonchev–Trinajstić information content (AvgIpc) is 2.89. The molecule has 0 aromatic carbocycles. The Labute approximate surface area is 118 Å². The summed E-state index contributed by atoms with van der Waals surface area (Å²) in [6.45, 7) is 5.30. The molecule has 0 unspecified atom stereocenters. The largest absolute Gasteiger partial charge is 0.448 e. The minimum atomic E-state index is -0.416. The van der Waals surface area contributed by atoms with Gasteiger partial charge in [-0.05, 0) is 13.8 Å². The van der Waals surface area contributed by atoms with Crippen LogP contribution in [0.1, 0.15) is 17.0 Å². The van der Waals surface area contributed by atoms with Gasteiger partial charge in [-0.3, -0.25) is 14.4 Å². The maximum absolute atomic E-state index is 12.1. The average molecular weight is 280 g/mol. The first kappa shape index (κ1) is 14.4. The van der Waals surface area contributed by atoms with Gasteiger partial charge in [0.05, 0.1) is 12.2 Å². The van der Waals surface area contributed by atoms with E-state index in [1.165, 1.54) is 4.90 Å². The summed E-state index contributed by atoms with van der Waals surface area (Å²) in [6.07, 6.45) is -0.416. The van der Waals surface area contributed by atoms with E-state index in [0.717, 1.165) is 17.0 Å². The van der Waals surface area contributed by atoms with Gasteiger partial charge < -0.3 is 9.64 Å². The number of aryl methyl sites for hydroxylation is 2. The van der Waals surface area contributed by atoms with Crippen molar-refractivity contribution in [2.45, 2.75) is 20.4 Å². The second-order valence-corrected chi connectivity index (χ2v) is 5.06. The van der Waals surface area contributed by atoms with Crippen molar-refractivity contribution in [1.29, 1.82) is 0 Å². The van der Waals surface area contributed by atoms with Gasteiger partial charge >= 0.3 is 6.09 Å². The number of ether oxygens (including phenoxy) is 1. The van der Waals surface area contributed by atoms with Crippen LogP contribution in [0.5, 0.6) is 0 Å². The summed E-state index contributed by atoms with van der Waals surface area (Å²) in [6, 6.07) is 0. The molecule has 20 heavy (non-hydrogen) atoms. The number of carbonyl (C=O) groups excluding carboxylic acids is 2. The molecule has 1 aromatic rings. The molecule has 110 valence electrons. The summed E-state index contributed by atoms with van der Waals surface area (Å²) >= 11 is 0. The Bertz CT molecular complexity index is 538. The highest BCUT2D eigenvalue weighted by Crippen LogP contribution is 2.14. The number of rotatable bonds is 4. The molecular weight excluding hydrogens is 260 g/mol. The van der Waals surface area contributed by atoms with Crippen molar-refractivity contribution in [3.8, 4) is 0 Å². The standard InChI is InChI=1S/C13H20N4O3/c1-9-11(10(2)16(4)14-9)7-15(3)12(18)8-17-5-6-20-13(17)19/h5-8H2,1-4H3. The molecule has 1 aliphatic rings. The fraction of sp³-hybridized carbons (Fsp3) is 0.615. The quantitative estimate of drug-likeness (QED) is 0.803. The molecule has 0 bridgehead atoms. The molecule has 1 saturated heterocycles. The predicted molar refractivity (Wildman–Crippen MR) is 72.1 cm³/mol. The lowest BCUT2D eigenvalue weighted by Gasteiger charge is -2.20. The maximum Gasteiger partial charge on any atom is 0.410 e. The van der Waals surface area contributed by atoms with Crippen LogP contribution in [0.25, 0.3) is 0 Å². The summed E-state index contributed by atoms with van der Waals surface area (Å²) < 4.78 is 6.62. The van der Waals surface area contributed by atoms with Gasteiger partial charge in [0.25, 0.3) is 0 Å². The SMILES string of the molecule is Cc1nn(C)c(C)c1CN(C)C(=O)CN1CCOC1=O. The number of hydrogen-bond acceptors (Lipinski definition) is 4. The van der Waals surface area contributed by atoms with E-state index in [1.807, 2.05) is 20.9 Å². The van der Waals surface area contributed by atoms with E-state index < -0.39 is 6.09 Å². The van der Waals surface area contributed by atoms with Crippen molar-refractivity contribution in [2.75, 3.05) is 26.7 Å². The van der Waals surface area contributed by atoms with E-state index in [1.54, 1.807) is 16.6 Å². The molecule has 2 amide bonds. The van der Waals surface area contributed by atoms with Gasteiger partial charge in [-0.15, -0.1) is 0 Å². The van der Waals surface area contributed by atoms with Gasteiger partial charge in [0.2, 0.25) is 5.91 Å². The molecule has 0 saturated carbocycles. The zero-order chi connectivity index (χ0) is 14.9. The molecule has 2 heterocycles. The smallest absolute Gasteiger partial charge is 0.410 e. The summed E-state index contributed by atoms with van der Waals surface area (Å²) in [4.78, 5) is 26.5. The molecule has 1 aromatic heterocycles. The number of amides is 2. The predicted octanol–water partition coefficient (Wildman–Crippen LogP) is 0.448. The lowest BCUT2D eigenvalue weighted by molar-refractivity contribution is -0.130. The Morgan fingerprint density at radius 3 is 2.65 bits per heavy atom. The van der Waals surface area contributed by atoms with Crippen LogP contribution < -0.4 is 0 Å². The third kappa shape index (κ3) is 2.76. The molecule has 0 spiro atoms. The van der Waals surface area contributed by atoms with Gasteiger partial charge in [0.1, 0.15) is 13.2 Å². The number of likely N-dealkylation sites (N-methyl/N-ethyl adjacent to an activating group) is 1. The van der Waals surface area contributed by atoms with Gasteiger partial charge in [-0.25, -0.2) is 4.79 Å². The number of aromatic nitrogens is 2. The van der Waals surface area contributed by atoms with E-state index in [0.29, 0.717) is 19.7 Å². The Morgan fingerprint density at radius 2 is 2.15 bits per heavy atom. The monoisotopic (exact) mass is 280 g/mol. The highest BCUT2D eigenvalue weighted by atomic mass is 16.6. The van der Waals surface area contributed by atoms with E-state index in [9.17, 15) is 9.59 Å². The number of nitrogens with zero attached hydrogens (tertiary/aromatic N) is 4. The van der Waals surface area contributed by atoms with Crippen molar-refractivity contribution in [1.82, 2.24) is 19.6 Å². The van der Waals surface area contributed by atoms with Crippen LogP contribution in [0.4, 0.5) is 4.79 Å². The molecule has 0 N–H and O–H groups in total. The Morgan fingerprint density at radius 1 is 1.45 bits per heavy atom. The number of cyclic esters (lactones) is 1. The molecule has 7 nitrogen and oxygen atoms in total. The van der Waals surface area contributed by atoms with Crippen molar-refractivity contribution in [3.05, 3.63) is 17.0 Å². The molecule has 7 heteroatoms. The first-order chi connectivity index (χ1) is 9.40. The highest BCUT2D eigenvalue weighted by molar-refractivity contribution is 5.82. The van der Waals surface area contributed by atoms with Gasteiger partial charge in [-0.1, -0.05) is 0 Å². The van der Waals surface area contributed by atoms with Crippen LogP contribution in [0.15, 0.2) is 0 Å². The Hall–Kier alpha value is -2.05. The Kier molecular flexibility index (Phi) is 3.96. The molecule has 1 aliphatic heterocycles. The van der Waals surface area contributed by atoms with E-state index in [4.69, 9.17) is 4.74 Å². The first-order valence-corrected chi connectivity index (χ1v) is 6.55. The van der Waals surface area contributed by atoms with Crippen LogP contribution in [-0.4, -0.2) is 58.3 Å². The lowest BCUT2D eigenvalue weighted by atomic mass is 10.2. The van der Waals surface area contributed by atoms with E-state index >= 15 is 0 Å². The normalized spacial score (nSPS) is 14.6. The van der Waals surface area contributed by atoms with Crippen LogP contribution >= 0.6 is 0 Å². The second-order valence-electron chi connectivity index (χ2n) is 5.06. The highest BCUT2D eigenvalue weighted by Gasteiger charge is 2.26. The topological polar surface area (TPSA) is 67.7 Å². The molecular formula is C13H20N4O3. The number of hydrogen-bond donors (Lipinski definition) is 0. The van der Waals surface area contributed by atoms with Crippen LogP contribution in [0, 0.1) is 13.8 Å². The van der Waals surface area contributed by atoms with Crippen molar-refractivity contribution >= 4 is 12.0 Å². The van der Waals surface area contributed by atoms with E-state index in [-0.39, 0.29) is 12.5 Å². The Balaban J connectivity index is 1.99. The molecule has 2 rings (SSSR count). The van der Waals surface area contributed by atoms with Crippen LogP contribution in [-0.2, 0) is 23.1 Å². The minimum absolute atomic E-state index is 0.0632.